The van der Waals surface area contributed by atoms with Gasteiger partial charge >= 0.3 is 5.97 Å². The molecule has 1 atom stereocenters. The Morgan fingerprint density at radius 1 is 1.07 bits per heavy atom. The van der Waals surface area contributed by atoms with E-state index in [1.165, 1.54) is 0 Å². The molecule has 4 rings (SSSR count). The molecule has 2 heterocycles. The molecule has 2 aromatic carbocycles. The van der Waals surface area contributed by atoms with Gasteiger partial charge in [-0.3, -0.25) is 4.79 Å². The summed E-state index contributed by atoms with van der Waals surface area (Å²) >= 11 is 0. The van der Waals surface area contributed by atoms with Gasteiger partial charge in [-0.1, -0.05) is 12.1 Å². The molecule has 1 fully saturated rings. The third-order valence-electron chi connectivity index (χ3n) is 5.15. The number of carbonyl (C=O) groups is 2. The van der Waals surface area contributed by atoms with Gasteiger partial charge in [-0.15, -0.1) is 0 Å². The number of carbonyl (C=O) groups excluding carboxylic acids is 1. The van der Waals surface area contributed by atoms with Crippen molar-refractivity contribution in [2.24, 2.45) is 5.92 Å². The number of aromatic nitrogens is 2. The topological polar surface area (TPSA) is 75.4 Å². The molecular weight excluding hydrogens is 354 g/mol. The number of amides is 1. The van der Waals surface area contributed by atoms with Gasteiger partial charge in [-0.05, 0) is 66.8 Å². The van der Waals surface area contributed by atoms with Crippen LogP contribution in [0.1, 0.15) is 32.7 Å². The van der Waals surface area contributed by atoms with Crippen LogP contribution in [0.3, 0.4) is 0 Å². The van der Waals surface area contributed by atoms with E-state index in [0.29, 0.717) is 23.6 Å². The first kappa shape index (κ1) is 18.0. The van der Waals surface area contributed by atoms with Crippen LogP contribution >= 0.6 is 0 Å². The maximum absolute atomic E-state index is 12.8. The van der Waals surface area contributed by atoms with Crippen molar-refractivity contribution < 1.29 is 14.7 Å². The summed E-state index contributed by atoms with van der Waals surface area (Å²) in [5.74, 6) is -0.534. The van der Waals surface area contributed by atoms with Crippen molar-refractivity contribution in [2.45, 2.75) is 12.8 Å². The second-order valence-electron chi connectivity index (χ2n) is 7.11. The Morgan fingerprint density at radius 3 is 2.61 bits per heavy atom. The molecule has 6 nitrogen and oxygen atoms in total. The summed E-state index contributed by atoms with van der Waals surface area (Å²) in [6, 6.07) is 16.4. The lowest BCUT2D eigenvalue weighted by molar-refractivity contribution is 0.0696. The Kier molecular flexibility index (Phi) is 4.93. The van der Waals surface area contributed by atoms with Crippen LogP contribution < -0.4 is 0 Å². The van der Waals surface area contributed by atoms with E-state index in [9.17, 15) is 9.59 Å². The molecule has 1 saturated heterocycles. The highest BCUT2D eigenvalue weighted by Gasteiger charge is 2.27. The standard InChI is InChI=1S/C22H21N3O3/c26-21(18-5-7-20(8-6-18)25-11-2-10-23-25)24-12-9-17(15-24)13-16-3-1-4-19(14-16)22(27)28/h1-8,10-11,14,17H,9,12-13,15H2,(H,27,28). The van der Waals surface area contributed by atoms with Crippen LogP contribution in [0.4, 0.5) is 0 Å². The van der Waals surface area contributed by atoms with Gasteiger partial charge in [0.25, 0.3) is 5.91 Å². The van der Waals surface area contributed by atoms with Gasteiger partial charge in [-0.25, -0.2) is 9.48 Å². The van der Waals surface area contributed by atoms with E-state index in [2.05, 4.69) is 5.10 Å². The van der Waals surface area contributed by atoms with Crippen molar-refractivity contribution in [2.75, 3.05) is 13.1 Å². The molecule has 1 aliphatic heterocycles. The summed E-state index contributed by atoms with van der Waals surface area (Å²) in [5.41, 5.74) is 2.90. The summed E-state index contributed by atoms with van der Waals surface area (Å²) in [6.07, 6.45) is 5.29. The smallest absolute Gasteiger partial charge is 0.335 e. The average Bonchev–Trinajstić information content (AvgIpc) is 3.40. The fourth-order valence-corrected chi connectivity index (χ4v) is 3.71. The highest BCUT2D eigenvalue weighted by molar-refractivity contribution is 5.94. The zero-order valence-corrected chi connectivity index (χ0v) is 15.4. The number of carboxylic acids is 1. The number of hydrogen-bond acceptors (Lipinski definition) is 3. The minimum Gasteiger partial charge on any atom is -0.478 e. The van der Waals surface area contributed by atoms with E-state index in [-0.39, 0.29) is 5.91 Å². The van der Waals surface area contributed by atoms with Gasteiger partial charge < -0.3 is 10.0 Å². The minimum atomic E-state index is -0.913. The van der Waals surface area contributed by atoms with E-state index in [1.54, 1.807) is 29.1 Å². The molecule has 142 valence electrons. The van der Waals surface area contributed by atoms with Crippen LogP contribution in [0, 0.1) is 5.92 Å². The number of aromatic carboxylic acids is 1. The fraction of sp³-hybridized carbons (Fsp3) is 0.227. The summed E-state index contributed by atoms with van der Waals surface area (Å²) in [7, 11) is 0. The van der Waals surface area contributed by atoms with Crippen LogP contribution in [0.25, 0.3) is 5.69 Å². The Labute approximate surface area is 163 Å². The van der Waals surface area contributed by atoms with E-state index in [1.807, 2.05) is 47.5 Å². The maximum Gasteiger partial charge on any atom is 0.335 e. The number of carboxylic acid groups (broad SMARTS) is 1. The molecule has 1 aromatic heterocycles. The zero-order valence-electron chi connectivity index (χ0n) is 15.4. The lowest BCUT2D eigenvalue weighted by Crippen LogP contribution is -2.28. The maximum atomic E-state index is 12.8. The number of likely N-dealkylation sites (tertiary alicyclic amines) is 1. The second kappa shape index (κ2) is 7.68. The molecule has 0 radical (unpaired) electrons. The van der Waals surface area contributed by atoms with Crippen LogP contribution in [0.2, 0.25) is 0 Å². The Bertz CT molecular complexity index is 981. The van der Waals surface area contributed by atoms with Crippen LogP contribution in [-0.2, 0) is 6.42 Å². The van der Waals surface area contributed by atoms with Crippen molar-refractivity contribution in [1.29, 1.82) is 0 Å². The molecule has 0 saturated carbocycles. The number of nitrogens with zero attached hydrogens (tertiary/aromatic N) is 3. The average molecular weight is 375 g/mol. The largest absolute Gasteiger partial charge is 0.478 e. The van der Waals surface area contributed by atoms with Gasteiger partial charge in [0.2, 0.25) is 0 Å². The monoisotopic (exact) mass is 375 g/mol. The van der Waals surface area contributed by atoms with Crippen molar-refractivity contribution in [1.82, 2.24) is 14.7 Å². The first-order valence-corrected chi connectivity index (χ1v) is 9.32. The van der Waals surface area contributed by atoms with E-state index in [4.69, 9.17) is 5.11 Å². The summed E-state index contributed by atoms with van der Waals surface area (Å²) < 4.78 is 1.76. The van der Waals surface area contributed by atoms with Crippen LogP contribution in [-0.4, -0.2) is 44.8 Å². The molecule has 1 N–H and O–H groups in total. The van der Waals surface area contributed by atoms with E-state index >= 15 is 0 Å². The molecule has 0 bridgehead atoms. The number of benzene rings is 2. The number of rotatable bonds is 5. The van der Waals surface area contributed by atoms with Gasteiger partial charge in [0.15, 0.2) is 0 Å². The second-order valence-corrected chi connectivity index (χ2v) is 7.11. The van der Waals surface area contributed by atoms with Crippen molar-refractivity contribution in [3.63, 3.8) is 0 Å². The first-order chi connectivity index (χ1) is 13.6. The molecular formula is C22H21N3O3. The molecule has 0 aliphatic carbocycles. The molecule has 6 heteroatoms. The predicted octanol–water partition coefficient (Wildman–Crippen LogP) is 3.28. The highest BCUT2D eigenvalue weighted by Crippen LogP contribution is 2.23. The quantitative estimate of drug-likeness (QED) is 0.743. The van der Waals surface area contributed by atoms with E-state index in [0.717, 1.165) is 30.6 Å². The number of hydrogen-bond donors (Lipinski definition) is 1. The lowest BCUT2D eigenvalue weighted by Gasteiger charge is -2.17. The Morgan fingerprint density at radius 2 is 1.89 bits per heavy atom. The SMILES string of the molecule is O=C(O)c1cccc(CC2CCN(C(=O)c3ccc(-n4cccn4)cc3)C2)c1. The molecule has 1 aliphatic rings. The molecule has 28 heavy (non-hydrogen) atoms. The van der Waals surface area contributed by atoms with Gasteiger partial charge in [0, 0.05) is 31.0 Å². The van der Waals surface area contributed by atoms with Crippen molar-refractivity contribution in [3.8, 4) is 5.69 Å². The normalized spacial score (nSPS) is 16.3. The summed E-state index contributed by atoms with van der Waals surface area (Å²) in [4.78, 5) is 25.8. The lowest BCUT2D eigenvalue weighted by atomic mass is 9.97. The third kappa shape index (κ3) is 3.81. The molecule has 1 unspecified atom stereocenters. The molecule has 0 spiro atoms. The van der Waals surface area contributed by atoms with Gasteiger partial charge in [-0.2, -0.15) is 5.10 Å². The predicted molar refractivity (Wildman–Crippen MR) is 105 cm³/mol. The zero-order chi connectivity index (χ0) is 19.5. The van der Waals surface area contributed by atoms with Crippen molar-refractivity contribution >= 4 is 11.9 Å². The Hall–Kier alpha value is -3.41. The Balaban J connectivity index is 1.39. The summed E-state index contributed by atoms with van der Waals surface area (Å²) in [6.45, 7) is 1.42. The fourth-order valence-electron chi connectivity index (χ4n) is 3.71. The minimum absolute atomic E-state index is 0.0359. The molecule has 3 aromatic rings. The van der Waals surface area contributed by atoms with Crippen molar-refractivity contribution in [3.05, 3.63) is 83.7 Å². The summed E-state index contributed by atoms with van der Waals surface area (Å²) in [5, 5.41) is 13.3. The highest BCUT2D eigenvalue weighted by atomic mass is 16.4. The van der Waals surface area contributed by atoms with Gasteiger partial charge in [0.05, 0.1) is 11.3 Å². The third-order valence-corrected chi connectivity index (χ3v) is 5.15. The van der Waals surface area contributed by atoms with Gasteiger partial charge in [0.1, 0.15) is 0 Å². The van der Waals surface area contributed by atoms with E-state index < -0.39 is 5.97 Å². The van der Waals surface area contributed by atoms with Crippen LogP contribution in [0.5, 0.6) is 0 Å². The molecule has 1 amide bonds. The van der Waals surface area contributed by atoms with Crippen LogP contribution in [0.15, 0.2) is 67.0 Å². The first-order valence-electron chi connectivity index (χ1n) is 9.32.